The number of allylic oxidation sites excluding steroid dienone is 2. The molecule has 0 bridgehead atoms. The van der Waals surface area contributed by atoms with Crippen LogP contribution in [0, 0.1) is 0 Å². The first-order chi connectivity index (χ1) is 9.58. The Kier molecular flexibility index (Phi) is 4.23. The van der Waals surface area contributed by atoms with Crippen molar-refractivity contribution in [1.29, 1.82) is 0 Å². The molecule has 20 heavy (non-hydrogen) atoms. The number of aryl methyl sites for hydroxylation is 2. The van der Waals surface area contributed by atoms with Gasteiger partial charge in [-0.3, -0.25) is 9.59 Å². The van der Waals surface area contributed by atoms with Crippen molar-refractivity contribution in [1.82, 2.24) is 0 Å². The summed E-state index contributed by atoms with van der Waals surface area (Å²) in [5, 5.41) is 0. The Morgan fingerprint density at radius 2 is 2.20 bits per heavy atom. The zero-order chi connectivity index (χ0) is 14.7. The van der Waals surface area contributed by atoms with Gasteiger partial charge in [-0.15, -0.1) is 0 Å². The Hall–Kier alpha value is -2.10. The Labute approximate surface area is 119 Å². The molecule has 1 aromatic carbocycles. The zero-order valence-corrected chi connectivity index (χ0v) is 12.0. The minimum Gasteiger partial charge on any atom is -0.394 e. The van der Waals surface area contributed by atoms with Gasteiger partial charge in [0.05, 0.1) is 0 Å². The van der Waals surface area contributed by atoms with Gasteiger partial charge in [0.15, 0.2) is 12.1 Å². The number of carbonyl (C=O) groups is 2. The van der Waals surface area contributed by atoms with Crippen molar-refractivity contribution < 1.29 is 9.59 Å². The van der Waals surface area contributed by atoms with Crippen LogP contribution in [0.1, 0.15) is 31.4 Å². The maximum absolute atomic E-state index is 11.5. The van der Waals surface area contributed by atoms with E-state index in [2.05, 4.69) is 25.1 Å². The molecule has 0 radical (unpaired) electrons. The number of Topliss-reactive ketones (excluding diaryl/α,β-unsaturated/α-hetero) is 1. The molecule has 2 rings (SSSR count). The van der Waals surface area contributed by atoms with Crippen molar-refractivity contribution in [2.45, 2.75) is 33.1 Å². The summed E-state index contributed by atoms with van der Waals surface area (Å²) in [5.74, 6) is -0.272. The SMILES string of the molecule is CCc1ccc2c(c1)N(/C(C=O)=C(\N)C(C)=O)CCC2. The number of fused-ring (bicyclic) bond motifs is 1. The molecule has 0 amide bonds. The van der Waals surface area contributed by atoms with Gasteiger partial charge in [-0.2, -0.15) is 0 Å². The smallest absolute Gasteiger partial charge is 0.177 e. The zero-order valence-electron chi connectivity index (χ0n) is 12.0. The maximum Gasteiger partial charge on any atom is 0.177 e. The van der Waals surface area contributed by atoms with E-state index in [4.69, 9.17) is 5.73 Å². The molecule has 1 heterocycles. The lowest BCUT2D eigenvalue weighted by Gasteiger charge is -2.32. The summed E-state index contributed by atoms with van der Waals surface area (Å²) < 4.78 is 0. The molecule has 1 aromatic rings. The number of ketones is 1. The van der Waals surface area contributed by atoms with Crippen molar-refractivity contribution in [3.05, 3.63) is 40.7 Å². The predicted octanol–water partition coefficient (Wildman–Crippen LogP) is 1.96. The van der Waals surface area contributed by atoms with E-state index in [0.717, 1.165) is 24.9 Å². The summed E-state index contributed by atoms with van der Waals surface area (Å²) in [6.45, 7) is 4.18. The molecule has 106 valence electrons. The molecule has 0 spiro atoms. The first-order valence-corrected chi connectivity index (χ1v) is 6.93. The van der Waals surface area contributed by atoms with Crippen molar-refractivity contribution in [3.63, 3.8) is 0 Å². The van der Waals surface area contributed by atoms with Crippen molar-refractivity contribution in [2.24, 2.45) is 5.73 Å². The fourth-order valence-corrected chi connectivity index (χ4v) is 2.54. The summed E-state index contributed by atoms with van der Waals surface area (Å²) in [6, 6.07) is 6.30. The monoisotopic (exact) mass is 272 g/mol. The van der Waals surface area contributed by atoms with E-state index in [1.54, 1.807) is 0 Å². The molecule has 0 aliphatic carbocycles. The van der Waals surface area contributed by atoms with Gasteiger partial charge < -0.3 is 10.6 Å². The number of benzene rings is 1. The highest BCUT2D eigenvalue weighted by Crippen LogP contribution is 2.31. The Morgan fingerprint density at radius 3 is 2.80 bits per heavy atom. The second-order valence-electron chi connectivity index (χ2n) is 5.04. The largest absolute Gasteiger partial charge is 0.394 e. The summed E-state index contributed by atoms with van der Waals surface area (Å²) in [7, 11) is 0. The van der Waals surface area contributed by atoms with Crippen LogP contribution in [0.2, 0.25) is 0 Å². The molecule has 0 fully saturated rings. The average Bonchev–Trinajstić information content (AvgIpc) is 2.47. The van der Waals surface area contributed by atoms with Gasteiger partial charge in [0, 0.05) is 19.2 Å². The van der Waals surface area contributed by atoms with Crippen LogP contribution >= 0.6 is 0 Å². The first-order valence-electron chi connectivity index (χ1n) is 6.93. The van der Waals surface area contributed by atoms with Gasteiger partial charge in [0.25, 0.3) is 0 Å². The molecule has 0 unspecified atom stereocenters. The summed E-state index contributed by atoms with van der Waals surface area (Å²) in [6.07, 6.45) is 3.55. The topological polar surface area (TPSA) is 63.4 Å². The molecule has 0 saturated carbocycles. The Morgan fingerprint density at radius 1 is 1.45 bits per heavy atom. The predicted molar refractivity (Wildman–Crippen MR) is 79.4 cm³/mol. The van der Waals surface area contributed by atoms with Gasteiger partial charge in [-0.25, -0.2) is 0 Å². The fourth-order valence-electron chi connectivity index (χ4n) is 2.54. The number of hydrogen-bond donors (Lipinski definition) is 1. The summed E-state index contributed by atoms with van der Waals surface area (Å²) in [4.78, 5) is 24.7. The highest BCUT2D eigenvalue weighted by atomic mass is 16.1. The molecular weight excluding hydrogens is 252 g/mol. The van der Waals surface area contributed by atoms with Crippen LogP contribution in [-0.4, -0.2) is 18.6 Å². The molecule has 0 aromatic heterocycles. The number of hydrogen-bond acceptors (Lipinski definition) is 4. The van der Waals surface area contributed by atoms with E-state index in [1.165, 1.54) is 18.1 Å². The Bertz CT molecular complexity index is 576. The number of aldehydes is 1. The highest BCUT2D eigenvalue weighted by Gasteiger charge is 2.23. The van der Waals surface area contributed by atoms with Crippen LogP contribution in [-0.2, 0) is 22.4 Å². The second kappa shape index (κ2) is 5.90. The maximum atomic E-state index is 11.5. The van der Waals surface area contributed by atoms with E-state index < -0.39 is 0 Å². The van der Waals surface area contributed by atoms with Crippen LogP contribution in [0.3, 0.4) is 0 Å². The number of nitrogens with two attached hydrogens (primary N) is 1. The molecule has 0 saturated heterocycles. The average molecular weight is 272 g/mol. The third kappa shape index (κ3) is 2.59. The van der Waals surface area contributed by atoms with Crippen LogP contribution in [0.25, 0.3) is 0 Å². The van der Waals surface area contributed by atoms with Gasteiger partial charge in [0.1, 0.15) is 11.4 Å². The fraction of sp³-hybridized carbons (Fsp3) is 0.375. The lowest BCUT2D eigenvalue weighted by atomic mass is 9.98. The summed E-state index contributed by atoms with van der Waals surface area (Å²) >= 11 is 0. The lowest BCUT2D eigenvalue weighted by Crippen LogP contribution is -2.33. The first kappa shape index (κ1) is 14.3. The minimum atomic E-state index is -0.272. The second-order valence-corrected chi connectivity index (χ2v) is 5.04. The van der Waals surface area contributed by atoms with E-state index in [0.29, 0.717) is 12.8 Å². The third-order valence-electron chi connectivity index (χ3n) is 3.73. The lowest BCUT2D eigenvalue weighted by molar-refractivity contribution is -0.114. The van der Waals surface area contributed by atoms with Crippen LogP contribution in [0.4, 0.5) is 5.69 Å². The number of nitrogens with zero attached hydrogens (tertiary/aromatic N) is 1. The van der Waals surface area contributed by atoms with E-state index in [9.17, 15) is 9.59 Å². The van der Waals surface area contributed by atoms with E-state index in [1.807, 2.05) is 4.90 Å². The van der Waals surface area contributed by atoms with E-state index >= 15 is 0 Å². The molecule has 1 aliphatic rings. The number of rotatable bonds is 4. The van der Waals surface area contributed by atoms with Crippen LogP contribution in [0.15, 0.2) is 29.6 Å². The minimum absolute atomic E-state index is 0.0368. The molecule has 0 atom stereocenters. The van der Waals surface area contributed by atoms with Gasteiger partial charge in [-0.05, 0) is 36.5 Å². The third-order valence-corrected chi connectivity index (χ3v) is 3.73. The van der Waals surface area contributed by atoms with Gasteiger partial charge in [0.2, 0.25) is 0 Å². The molecular formula is C16H20N2O2. The Balaban J connectivity index is 2.53. The van der Waals surface area contributed by atoms with E-state index in [-0.39, 0.29) is 17.2 Å². The van der Waals surface area contributed by atoms with Crippen LogP contribution in [0.5, 0.6) is 0 Å². The van der Waals surface area contributed by atoms with Crippen molar-refractivity contribution in [2.75, 3.05) is 11.4 Å². The van der Waals surface area contributed by atoms with Gasteiger partial charge in [-0.1, -0.05) is 19.1 Å². The summed E-state index contributed by atoms with van der Waals surface area (Å²) in [5.41, 5.74) is 9.52. The quantitative estimate of drug-likeness (QED) is 0.672. The van der Waals surface area contributed by atoms with Crippen LogP contribution < -0.4 is 10.6 Å². The highest BCUT2D eigenvalue weighted by molar-refractivity contribution is 5.99. The molecule has 4 nitrogen and oxygen atoms in total. The molecule has 4 heteroatoms. The number of carbonyl (C=O) groups excluding carboxylic acids is 2. The molecule has 1 aliphatic heterocycles. The molecule has 2 N–H and O–H groups in total. The number of anilines is 1. The standard InChI is InChI=1S/C16H20N2O2/c1-3-12-6-7-13-5-4-8-18(14(13)9-12)15(10-19)16(17)11(2)20/h6-7,9-10H,3-5,8,17H2,1-2H3/b16-15-. The van der Waals surface area contributed by atoms with Crippen molar-refractivity contribution in [3.8, 4) is 0 Å². The normalized spacial score (nSPS) is 15.4. The van der Waals surface area contributed by atoms with Crippen molar-refractivity contribution >= 4 is 17.8 Å². The van der Waals surface area contributed by atoms with Gasteiger partial charge >= 0.3 is 0 Å².